The minimum Gasteiger partial charge on any atom is -0.539 e. The van der Waals surface area contributed by atoms with Crippen LogP contribution >= 0.6 is 0 Å². The molecule has 0 fully saturated rings. The van der Waals surface area contributed by atoms with Gasteiger partial charge in [-0.1, -0.05) is 24.3 Å². The molecule has 0 aromatic carbocycles. The van der Waals surface area contributed by atoms with E-state index in [1.54, 1.807) is 7.05 Å². The maximum Gasteiger partial charge on any atom is 0.202 e. The average Bonchev–Trinajstić information content (AvgIpc) is 2.08. The van der Waals surface area contributed by atoms with E-state index < -0.39 is 8.07 Å². The molecule has 1 rings (SSSR count). The maximum absolute atomic E-state index is 11.1. The summed E-state index contributed by atoms with van der Waals surface area (Å²) < 4.78 is 6.05. The minimum atomic E-state index is -1.58. The van der Waals surface area contributed by atoms with Gasteiger partial charge in [0.1, 0.15) is 5.95 Å². The van der Waals surface area contributed by atoms with Crippen molar-refractivity contribution in [3.8, 4) is 5.95 Å². The summed E-state index contributed by atoms with van der Waals surface area (Å²) in [6.45, 7) is 6.25. The molecule has 1 aromatic heterocycles. The Labute approximate surface area is 66.4 Å². The smallest absolute Gasteiger partial charge is 0.202 e. The van der Waals surface area contributed by atoms with Crippen LogP contribution in [0, 0.1) is 0 Å². The van der Waals surface area contributed by atoms with Crippen LogP contribution in [0.3, 0.4) is 0 Å². The molecule has 62 valence electrons. The third-order valence-corrected chi connectivity index (χ3v) is 3.42. The third kappa shape index (κ3) is 1.42. The van der Waals surface area contributed by atoms with E-state index in [1.807, 2.05) is 0 Å². The normalized spacial score (nSPS) is 12.0. The molecule has 0 radical (unpaired) electrons. The van der Waals surface area contributed by atoms with Gasteiger partial charge in [0.15, 0.2) is 15.1 Å². The second-order valence-corrected chi connectivity index (χ2v) is 8.56. The number of aryl methyl sites for hydroxylation is 1. The van der Waals surface area contributed by atoms with Crippen LogP contribution in [0.5, 0.6) is 5.95 Å². The van der Waals surface area contributed by atoms with Crippen LogP contribution < -0.4 is 15.1 Å². The first-order valence-electron chi connectivity index (χ1n) is 3.46. The topological polar surface area (TPSA) is 53.0 Å². The lowest BCUT2D eigenvalue weighted by Gasteiger charge is -2.09. The van der Waals surface area contributed by atoms with Crippen LogP contribution in [0.1, 0.15) is 0 Å². The Balaban J connectivity index is 3.21. The summed E-state index contributed by atoms with van der Waals surface area (Å²) >= 11 is 0. The van der Waals surface area contributed by atoms with Crippen LogP contribution in [-0.4, -0.2) is 13.3 Å². The van der Waals surface area contributed by atoms with Gasteiger partial charge in [-0.15, -0.1) is 0 Å². The molecule has 0 saturated carbocycles. The van der Waals surface area contributed by atoms with Gasteiger partial charge in [-0.25, -0.2) is 0 Å². The molecular formula is C6H12N2O2Si. The lowest BCUT2D eigenvalue weighted by molar-refractivity contribution is -0.725. The molecule has 0 spiro atoms. The van der Waals surface area contributed by atoms with Gasteiger partial charge in [-0.2, -0.15) is 0 Å². The highest BCUT2D eigenvalue weighted by atomic mass is 28.3. The monoisotopic (exact) mass is 172 g/mol. The minimum absolute atomic E-state index is 0.285. The van der Waals surface area contributed by atoms with Gasteiger partial charge in [0, 0.05) is 0 Å². The SMILES string of the molecule is C[n+]1noc([O-])c1[Si](C)(C)C. The van der Waals surface area contributed by atoms with Gasteiger partial charge in [0.25, 0.3) is 0 Å². The van der Waals surface area contributed by atoms with Crippen molar-refractivity contribution in [3.05, 3.63) is 0 Å². The summed E-state index contributed by atoms with van der Waals surface area (Å²) in [6, 6.07) is 0. The number of rotatable bonds is 1. The number of hydrogen-bond donors (Lipinski definition) is 0. The van der Waals surface area contributed by atoms with E-state index in [0.717, 1.165) is 5.32 Å². The molecule has 0 N–H and O–H groups in total. The standard InChI is InChI=1S/C6H12N2O2Si/c1-8-5(11(2,3)4)6(9)10-7-8/h1-4H3. The first-order chi connectivity index (χ1) is 4.93. The zero-order chi connectivity index (χ0) is 8.65. The molecular weight excluding hydrogens is 160 g/mol. The van der Waals surface area contributed by atoms with Gasteiger partial charge >= 0.3 is 0 Å². The van der Waals surface area contributed by atoms with Crippen LogP contribution in [0.4, 0.5) is 0 Å². The molecule has 0 amide bonds. The average molecular weight is 172 g/mol. The first kappa shape index (κ1) is 8.26. The lowest BCUT2D eigenvalue weighted by atomic mass is 10.8. The van der Waals surface area contributed by atoms with E-state index in [0.29, 0.717) is 0 Å². The van der Waals surface area contributed by atoms with E-state index >= 15 is 0 Å². The zero-order valence-electron chi connectivity index (χ0n) is 7.21. The summed E-state index contributed by atoms with van der Waals surface area (Å²) in [5, 5.41) is 15.4. The Morgan fingerprint density at radius 3 is 2.18 bits per heavy atom. The van der Waals surface area contributed by atoms with Crippen LogP contribution in [0.15, 0.2) is 4.52 Å². The Kier molecular flexibility index (Phi) is 1.75. The van der Waals surface area contributed by atoms with Crippen molar-refractivity contribution in [1.82, 2.24) is 5.27 Å². The van der Waals surface area contributed by atoms with E-state index in [4.69, 9.17) is 0 Å². The fraction of sp³-hybridized carbons (Fsp3) is 0.667. The second-order valence-electron chi connectivity index (χ2n) is 3.58. The Morgan fingerprint density at radius 2 is 2.00 bits per heavy atom. The van der Waals surface area contributed by atoms with E-state index in [1.165, 1.54) is 4.68 Å². The van der Waals surface area contributed by atoms with Crippen molar-refractivity contribution in [2.45, 2.75) is 19.6 Å². The summed E-state index contributed by atoms with van der Waals surface area (Å²) in [5.74, 6) is -0.285. The van der Waals surface area contributed by atoms with E-state index in [2.05, 4.69) is 29.4 Å². The Morgan fingerprint density at radius 1 is 1.45 bits per heavy atom. The van der Waals surface area contributed by atoms with Gasteiger partial charge < -0.3 is 9.63 Å². The molecule has 11 heavy (non-hydrogen) atoms. The quantitative estimate of drug-likeness (QED) is 0.408. The van der Waals surface area contributed by atoms with Gasteiger partial charge in [-0.3, -0.25) is 0 Å². The molecule has 0 atom stereocenters. The van der Waals surface area contributed by atoms with E-state index in [9.17, 15) is 5.11 Å². The maximum atomic E-state index is 11.1. The van der Waals surface area contributed by atoms with Crippen molar-refractivity contribution in [1.29, 1.82) is 0 Å². The fourth-order valence-electron chi connectivity index (χ4n) is 1.11. The first-order valence-corrected chi connectivity index (χ1v) is 6.96. The Hall–Kier alpha value is -0.843. The molecule has 5 heteroatoms. The van der Waals surface area contributed by atoms with Gasteiger partial charge in [-0.05, 0) is 0 Å². The molecule has 4 nitrogen and oxygen atoms in total. The Bertz CT molecular complexity index is 245. The van der Waals surface area contributed by atoms with Crippen molar-refractivity contribution < 1.29 is 14.3 Å². The predicted molar refractivity (Wildman–Crippen MR) is 40.1 cm³/mol. The van der Waals surface area contributed by atoms with Crippen LogP contribution in [-0.2, 0) is 7.05 Å². The van der Waals surface area contributed by atoms with Crippen molar-refractivity contribution in [2.75, 3.05) is 0 Å². The summed E-state index contributed by atoms with van der Waals surface area (Å²) in [4.78, 5) is 0. The van der Waals surface area contributed by atoms with Crippen LogP contribution in [0.25, 0.3) is 0 Å². The van der Waals surface area contributed by atoms with Crippen molar-refractivity contribution in [2.24, 2.45) is 7.05 Å². The highest BCUT2D eigenvalue weighted by Gasteiger charge is 2.30. The van der Waals surface area contributed by atoms with Crippen molar-refractivity contribution in [3.63, 3.8) is 0 Å². The predicted octanol–water partition coefficient (Wildman–Crippen LogP) is -0.882. The second kappa shape index (κ2) is 2.33. The van der Waals surface area contributed by atoms with Gasteiger partial charge in [0.05, 0.1) is 5.27 Å². The van der Waals surface area contributed by atoms with Gasteiger partial charge in [0.2, 0.25) is 5.32 Å². The highest BCUT2D eigenvalue weighted by molar-refractivity contribution is 6.88. The molecule has 0 unspecified atom stereocenters. The molecule has 0 bridgehead atoms. The van der Waals surface area contributed by atoms with E-state index in [-0.39, 0.29) is 5.95 Å². The molecule has 0 aliphatic rings. The zero-order valence-corrected chi connectivity index (χ0v) is 8.21. The fourth-order valence-corrected chi connectivity index (χ4v) is 2.78. The molecule has 0 aliphatic heterocycles. The summed E-state index contributed by atoms with van der Waals surface area (Å²) in [5.41, 5.74) is 0. The van der Waals surface area contributed by atoms with Crippen LogP contribution in [0.2, 0.25) is 19.6 Å². The molecule has 1 heterocycles. The number of aromatic nitrogens is 2. The largest absolute Gasteiger partial charge is 0.539 e. The summed E-state index contributed by atoms with van der Waals surface area (Å²) in [6.07, 6.45) is 0. The molecule has 0 aliphatic carbocycles. The third-order valence-electron chi connectivity index (χ3n) is 1.47. The molecule has 0 saturated heterocycles. The summed E-state index contributed by atoms with van der Waals surface area (Å²) in [7, 11) is 0.159. The lowest BCUT2D eigenvalue weighted by Crippen LogP contribution is -2.58. The van der Waals surface area contributed by atoms with Crippen molar-refractivity contribution >= 4 is 13.4 Å². The highest BCUT2D eigenvalue weighted by Crippen LogP contribution is 2.04. The number of hydrogen-bond acceptors (Lipinski definition) is 3. The molecule has 1 aromatic rings. The number of nitrogens with zero attached hydrogens (tertiary/aromatic N) is 2.